The number of nitrogens with one attached hydrogen (secondary N) is 1. The van der Waals surface area contributed by atoms with Gasteiger partial charge in [0.05, 0.1) is 7.11 Å². The first-order valence-corrected chi connectivity index (χ1v) is 6.12. The van der Waals surface area contributed by atoms with Gasteiger partial charge in [-0.2, -0.15) is 4.98 Å². The molecule has 2 aromatic rings. The molecule has 5 heteroatoms. The van der Waals surface area contributed by atoms with Crippen molar-refractivity contribution in [3.63, 3.8) is 0 Å². The van der Waals surface area contributed by atoms with Crippen LogP contribution in [0, 0.1) is 6.92 Å². The fourth-order valence-corrected chi connectivity index (χ4v) is 1.72. The predicted octanol–water partition coefficient (Wildman–Crippen LogP) is 1.86. The number of benzene rings is 1. The average molecular weight is 258 g/mol. The van der Waals surface area contributed by atoms with Crippen molar-refractivity contribution >= 4 is 5.82 Å². The van der Waals surface area contributed by atoms with Crippen molar-refractivity contribution in [2.24, 2.45) is 5.73 Å². The van der Waals surface area contributed by atoms with Crippen LogP contribution in [0.4, 0.5) is 5.82 Å². The first-order valence-electron chi connectivity index (χ1n) is 6.12. The van der Waals surface area contributed by atoms with Crippen molar-refractivity contribution < 1.29 is 4.74 Å². The molecule has 0 atom stereocenters. The molecule has 0 unspecified atom stereocenters. The van der Waals surface area contributed by atoms with Gasteiger partial charge in [-0.3, -0.25) is 0 Å². The lowest BCUT2D eigenvalue weighted by Crippen LogP contribution is -2.04. The van der Waals surface area contributed by atoms with Gasteiger partial charge in [0.25, 0.3) is 0 Å². The third-order valence-electron chi connectivity index (χ3n) is 2.76. The highest BCUT2D eigenvalue weighted by molar-refractivity contribution is 5.39. The standard InChI is InChI=1S/C14H18N4O/c1-10-17-13(7-14(18-10)19-2)16-9-12-5-3-11(8-15)4-6-12/h3-7H,8-9,15H2,1-2H3,(H,16,17,18). The molecule has 0 amide bonds. The van der Waals surface area contributed by atoms with Crippen LogP contribution in [-0.4, -0.2) is 17.1 Å². The summed E-state index contributed by atoms with van der Waals surface area (Å²) < 4.78 is 5.11. The molecule has 0 saturated heterocycles. The number of hydrogen-bond acceptors (Lipinski definition) is 5. The maximum Gasteiger partial charge on any atom is 0.218 e. The topological polar surface area (TPSA) is 73.1 Å². The van der Waals surface area contributed by atoms with E-state index in [0.29, 0.717) is 24.8 Å². The molecular weight excluding hydrogens is 240 g/mol. The minimum atomic E-state index is 0.563. The van der Waals surface area contributed by atoms with Crippen LogP contribution in [0.15, 0.2) is 30.3 Å². The zero-order valence-corrected chi connectivity index (χ0v) is 11.2. The van der Waals surface area contributed by atoms with E-state index in [4.69, 9.17) is 10.5 Å². The molecule has 0 aliphatic carbocycles. The van der Waals surface area contributed by atoms with E-state index in [1.165, 1.54) is 5.56 Å². The predicted molar refractivity (Wildman–Crippen MR) is 75.0 cm³/mol. The Kier molecular flexibility index (Phi) is 4.30. The van der Waals surface area contributed by atoms with E-state index in [0.717, 1.165) is 11.4 Å². The molecule has 100 valence electrons. The molecule has 2 rings (SSSR count). The summed E-state index contributed by atoms with van der Waals surface area (Å²) in [5.74, 6) is 2.00. The zero-order chi connectivity index (χ0) is 13.7. The first kappa shape index (κ1) is 13.3. The van der Waals surface area contributed by atoms with Gasteiger partial charge in [0.15, 0.2) is 0 Å². The Morgan fingerprint density at radius 1 is 1.16 bits per heavy atom. The third-order valence-corrected chi connectivity index (χ3v) is 2.76. The molecule has 0 aliphatic heterocycles. The van der Waals surface area contributed by atoms with Crippen molar-refractivity contribution in [3.05, 3.63) is 47.3 Å². The molecule has 1 aromatic carbocycles. The molecule has 1 aromatic heterocycles. The summed E-state index contributed by atoms with van der Waals surface area (Å²) >= 11 is 0. The zero-order valence-electron chi connectivity index (χ0n) is 11.2. The second-order valence-corrected chi connectivity index (χ2v) is 4.22. The normalized spacial score (nSPS) is 10.3. The van der Waals surface area contributed by atoms with Crippen LogP contribution in [0.1, 0.15) is 17.0 Å². The fraction of sp³-hybridized carbons (Fsp3) is 0.286. The largest absolute Gasteiger partial charge is 0.481 e. The van der Waals surface area contributed by atoms with Crippen molar-refractivity contribution in [3.8, 4) is 5.88 Å². The van der Waals surface area contributed by atoms with Crippen LogP contribution in [0.5, 0.6) is 5.88 Å². The Labute approximate surface area is 112 Å². The van der Waals surface area contributed by atoms with Crippen molar-refractivity contribution in [2.75, 3.05) is 12.4 Å². The van der Waals surface area contributed by atoms with Gasteiger partial charge in [0.2, 0.25) is 5.88 Å². The second-order valence-electron chi connectivity index (χ2n) is 4.22. The Morgan fingerprint density at radius 2 is 1.84 bits per heavy atom. The maximum absolute atomic E-state index is 5.57. The molecule has 0 bridgehead atoms. The lowest BCUT2D eigenvalue weighted by molar-refractivity contribution is 0.396. The first-order chi connectivity index (χ1) is 9.21. The summed E-state index contributed by atoms with van der Waals surface area (Å²) in [6, 6.07) is 9.95. The van der Waals surface area contributed by atoms with Crippen molar-refractivity contribution in [1.29, 1.82) is 0 Å². The minimum absolute atomic E-state index is 0.563. The van der Waals surface area contributed by atoms with Gasteiger partial charge in [-0.15, -0.1) is 0 Å². The van der Waals surface area contributed by atoms with Gasteiger partial charge < -0.3 is 15.8 Å². The highest BCUT2D eigenvalue weighted by atomic mass is 16.5. The number of nitrogens with zero attached hydrogens (tertiary/aromatic N) is 2. The quantitative estimate of drug-likeness (QED) is 0.856. The van der Waals surface area contributed by atoms with Gasteiger partial charge in [-0.25, -0.2) is 4.98 Å². The maximum atomic E-state index is 5.57. The van der Waals surface area contributed by atoms with E-state index in [1.54, 1.807) is 13.2 Å². The molecule has 5 nitrogen and oxygen atoms in total. The lowest BCUT2D eigenvalue weighted by Gasteiger charge is -2.08. The van der Waals surface area contributed by atoms with Crippen LogP contribution in [0.3, 0.4) is 0 Å². The van der Waals surface area contributed by atoms with E-state index >= 15 is 0 Å². The van der Waals surface area contributed by atoms with Gasteiger partial charge in [-0.1, -0.05) is 24.3 Å². The monoisotopic (exact) mass is 258 g/mol. The van der Waals surface area contributed by atoms with Gasteiger partial charge >= 0.3 is 0 Å². The number of methoxy groups -OCH3 is 1. The number of rotatable bonds is 5. The molecule has 19 heavy (non-hydrogen) atoms. The van der Waals surface area contributed by atoms with Crippen LogP contribution >= 0.6 is 0 Å². The highest BCUT2D eigenvalue weighted by Gasteiger charge is 2.01. The van der Waals surface area contributed by atoms with E-state index in [2.05, 4.69) is 27.4 Å². The molecule has 0 fully saturated rings. The minimum Gasteiger partial charge on any atom is -0.481 e. The molecule has 3 N–H and O–H groups in total. The van der Waals surface area contributed by atoms with Crippen LogP contribution in [-0.2, 0) is 13.1 Å². The summed E-state index contributed by atoms with van der Waals surface area (Å²) in [6.45, 7) is 3.10. The average Bonchev–Trinajstić information content (AvgIpc) is 2.45. The Morgan fingerprint density at radius 3 is 2.47 bits per heavy atom. The fourth-order valence-electron chi connectivity index (χ4n) is 1.72. The van der Waals surface area contributed by atoms with E-state index in [-0.39, 0.29) is 0 Å². The number of anilines is 1. The Balaban J connectivity index is 2.03. The number of hydrogen-bond donors (Lipinski definition) is 2. The van der Waals surface area contributed by atoms with Crippen LogP contribution in [0.2, 0.25) is 0 Å². The summed E-state index contributed by atoms with van der Waals surface area (Å²) in [6.07, 6.45) is 0. The summed E-state index contributed by atoms with van der Waals surface area (Å²) in [4.78, 5) is 8.45. The van der Waals surface area contributed by atoms with E-state index in [9.17, 15) is 0 Å². The number of aryl methyl sites for hydroxylation is 1. The number of nitrogens with two attached hydrogens (primary N) is 1. The Bertz CT molecular complexity index is 540. The SMILES string of the molecule is COc1cc(NCc2ccc(CN)cc2)nc(C)n1. The summed E-state index contributed by atoms with van der Waals surface area (Å²) in [7, 11) is 1.59. The summed E-state index contributed by atoms with van der Waals surface area (Å²) in [5.41, 5.74) is 7.87. The van der Waals surface area contributed by atoms with Crippen molar-refractivity contribution in [1.82, 2.24) is 9.97 Å². The molecule has 0 radical (unpaired) electrons. The van der Waals surface area contributed by atoms with Crippen molar-refractivity contribution in [2.45, 2.75) is 20.0 Å². The van der Waals surface area contributed by atoms with Crippen LogP contribution < -0.4 is 15.8 Å². The number of aromatic nitrogens is 2. The van der Waals surface area contributed by atoms with Gasteiger partial charge in [-0.05, 0) is 18.1 Å². The molecule has 0 aliphatic rings. The lowest BCUT2D eigenvalue weighted by atomic mass is 10.1. The molecule has 1 heterocycles. The molecule has 0 spiro atoms. The Hall–Kier alpha value is -2.14. The highest BCUT2D eigenvalue weighted by Crippen LogP contribution is 2.14. The second kappa shape index (κ2) is 6.15. The molecule has 0 saturated carbocycles. The van der Waals surface area contributed by atoms with Gasteiger partial charge in [0, 0.05) is 19.2 Å². The van der Waals surface area contributed by atoms with E-state index in [1.807, 2.05) is 19.1 Å². The van der Waals surface area contributed by atoms with Gasteiger partial charge in [0.1, 0.15) is 11.6 Å². The molecular formula is C14H18N4O. The third kappa shape index (κ3) is 3.66. The smallest absolute Gasteiger partial charge is 0.218 e. The number of ether oxygens (including phenoxy) is 1. The van der Waals surface area contributed by atoms with Crippen LogP contribution in [0.25, 0.3) is 0 Å². The van der Waals surface area contributed by atoms with E-state index < -0.39 is 0 Å². The summed E-state index contributed by atoms with van der Waals surface area (Å²) in [5, 5.41) is 3.25.